The number of hydrogen-bond donors (Lipinski definition) is 0. The van der Waals surface area contributed by atoms with Gasteiger partial charge in [0.15, 0.2) is 0 Å². The maximum atomic E-state index is 10.1. The van der Waals surface area contributed by atoms with Crippen LogP contribution in [0.3, 0.4) is 0 Å². The van der Waals surface area contributed by atoms with Crippen LogP contribution in [-0.2, 0) is 9.53 Å². The summed E-state index contributed by atoms with van der Waals surface area (Å²) in [7, 11) is 0. The van der Waals surface area contributed by atoms with E-state index in [0.717, 1.165) is 0 Å². The smallest absolute Gasteiger partial charge is 0.484 e. The fraction of sp³-hybridized carbons (Fsp3) is 0.500. The zero-order valence-corrected chi connectivity index (χ0v) is 7.86. The van der Waals surface area contributed by atoms with Crippen LogP contribution in [-0.4, -0.2) is 17.5 Å². The van der Waals surface area contributed by atoms with E-state index in [1.807, 2.05) is 0 Å². The molecule has 0 aliphatic heterocycles. The predicted octanol–water partition coefficient (Wildman–Crippen LogP) is -3.01. The second kappa shape index (κ2) is 6.85. The second-order valence-corrected chi connectivity index (χ2v) is 1.17. The Balaban J connectivity index is 0. The van der Waals surface area contributed by atoms with Gasteiger partial charge in [0, 0.05) is 6.54 Å². The minimum Gasteiger partial charge on any atom is -0.484 e. The van der Waals surface area contributed by atoms with Crippen molar-refractivity contribution in [2.24, 2.45) is 0 Å². The third-order valence-corrected chi connectivity index (χ3v) is 0.497. The molecule has 0 aromatic carbocycles. The van der Waals surface area contributed by atoms with Gasteiger partial charge in [-0.3, -0.25) is 14.9 Å². The summed E-state index contributed by atoms with van der Waals surface area (Å²) in [5, 5.41) is 9.53. The van der Waals surface area contributed by atoms with Crippen molar-refractivity contribution in [2.45, 2.75) is 6.92 Å². The summed E-state index contributed by atoms with van der Waals surface area (Å²) in [6.07, 6.45) is 0. The third kappa shape index (κ3) is 7.74. The molecule has 0 unspecified atom stereocenters. The Hall–Kier alpha value is -0.260. The maximum absolute atomic E-state index is 10.1. The first-order valence-electron chi connectivity index (χ1n) is 2.32. The van der Waals surface area contributed by atoms with Gasteiger partial charge >= 0.3 is 29.6 Å². The van der Waals surface area contributed by atoms with Crippen LogP contribution in [0.25, 0.3) is 0 Å². The van der Waals surface area contributed by atoms with Gasteiger partial charge in [-0.2, -0.15) is 0 Å². The Morgan fingerprint density at radius 3 is 2.60 bits per heavy atom. The van der Waals surface area contributed by atoms with E-state index in [4.69, 9.17) is 0 Å². The van der Waals surface area contributed by atoms with Gasteiger partial charge in [0.1, 0.15) is 0 Å². The molecule has 10 heavy (non-hydrogen) atoms. The summed E-state index contributed by atoms with van der Waals surface area (Å²) in [5.41, 5.74) is 0. The van der Waals surface area contributed by atoms with E-state index in [-0.39, 0.29) is 42.7 Å². The van der Waals surface area contributed by atoms with Crippen LogP contribution < -0.4 is 29.6 Å². The van der Waals surface area contributed by atoms with Crippen molar-refractivity contribution in [1.82, 2.24) is 0 Å². The summed E-state index contributed by atoms with van der Waals surface area (Å²) in [6.45, 7) is 2.01. The summed E-state index contributed by atoms with van der Waals surface area (Å²) < 4.78 is 4.22. The number of ether oxygens (including phenoxy) is 1. The molecule has 0 radical (unpaired) electrons. The molecule has 0 atom stereocenters. The van der Waals surface area contributed by atoms with Crippen molar-refractivity contribution in [3.05, 3.63) is 16.7 Å². The molecular formula is C4H6NNaO4. The van der Waals surface area contributed by atoms with Gasteiger partial charge in [0.2, 0.25) is 5.97 Å². The molecular weight excluding hydrogens is 149 g/mol. The van der Waals surface area contributed by atoms with Gasteiger partial charge in [0.25, 0.3) is 0 Å². The third-order valence-electron chi connectivity index (χ3n) is 0.497. The van der Waals surface area contributed by atoms with Crippen LogP contribution in [0.4, 0.5) is 0 Å². The number of carbonyl (C=O) groups excluding carboxylic acids is 1. The molecule has 0 N–H and O–H groups in total. The average molecular weight is 155 g/mol. The first-order chi connectivity index (χ1) is 4.16. The Kier molecular flexibility index (Phi) is 8.51. The van der Waals surface area contributed by atoms with E-state index in [9.17, 15) is 14.9 Å². The van der Waals surface area contributed by atoms with Gasteiger partial charge < -0.3 is 4.74 Å². The molecule has 5 nitrogen and oxygen atoms in total. The molecule has 0 aliphatic carbocycles. The molecule has 0 aliphatic rings. The molecule has 0 aromatic heterocycles. The van der Waals surface area contributed by atoms with E-state index < -0.39 is 10.9 Å². The van der Waals surface area contributed by atoms with E-state index in [2.05, 4.69) is 4.74 Å². The zero-order valence-electron chi connectivity index (χ0n) is 5.86. The van der Waals surface area contributed by atoms with Gasteiger partial charge in [0.05, 0.1) is 6.61 Å². The van der Waals surface area contributed by atoms with Crippen molar-refractivity contribution in [3.8, 4) is 0 Å². The Labute approximate surface area is 80.2 Å². The Morgan fingerprint density at radius 1 is 1.80 bits per heavy atom. The second-order valence-electron chi connectivity index (χ2n) is 1.17. The summed E-state index contributed by atoms with van der Waals surface area (Å²) in [5.74, 6) is -0.914. The molecule has 0 saturated carbocycles. The standard InChI is InChI=1S/C4H6NO4.Na/c1-2-9-4(6)3-5(7)8;/h3H,2H2,1H3;/q-1;+1. The molecule has 0 fully saturated rings. The van der Waals surface area contributed by atoms with E-state index >= 15 is 0 Å². The minimum atomic E-state index is -0.914. The van der Waals surface area contributed by atoms with Crippen molar-refractivity contribution in [3.63, 3.8) is 0 Å². The van der Waals surface area contributed by atoms with Crippen LogP contribution in [0.2, 0.25) is 0 Å². The quantitative estimate of drug-likeness (QED) is 0.143. The molecule has 0 spiro atoms. The molecule has 0 amide bonds. The molecule has 0 heterocycles. The van der Waals surface area contributed by atoms with Crippen LogP contribution in [0.1, 0.15) is 6.92 Å². The number of carbonyl (C=O) groups is 1. The monoisotopic (exact) mass is 155 g/mol. The van der Waals surface area contributed by atoms with Gasteiger partial charge in [-0.25, -0.2) is 0 Å². The number of nitro groups is 1. The fourth-order valence-corrected chi connectivity index (χ4v) is 0.266. The first kappa shape index (κ1) is 12.4. The van der Waals surface area contributed by atoms with Crippen LogP contribution in [0, 0.1) is 16.7 Å². The molecule has 52 valence electrons. The van der Waals surface area contributed by atoms with Crippen molar-refractivity contribution >= 4 is 5.97 Å². The van der Waals surface area contributed by atoms with E-state index in [0.29, 0.717) is 0 Å². The zero-order chi connectivity index (χ0) is 7.28. The Bertz CT molecular complexity index is 126. The van der Waals surface area contributed by atoms with Crippen LogP contribution >= 0.6 is 0 Å². The minimum absolute atomic E-state index is 0. The SMILES string of the molecule is CCOC(=O)[CH-][N+](=O)[O-].[Na+]. The summed E-state index contributed by atoms with van der Waals surface area (Å²) >= 11 is 0. The topological polar surface area (TPSA) is 69.4 Å². The number of hydrogen-bond acceptors (Lipinski definition) is 4. The average Bonchev–Trinajstić information content (AvgIpc) is 1.63. The van der Waals surface area contributed by atoms with E-state index in [1.54, 1.807) is 6.92 Å². The van der Waals surface area contributed by atoms with Crippen molar-refractivity contribution in [2.75, 3.05) is 6.61 Å². The molecule has 0 aromatic rings. The van der Waals surface area contributed by atoms with E-state index in [1.165, 1.54) is 0 Å². The summed E-state index contributed by atoms with van der Waals surface area (Å²) in [4.78, 5) is 18.8. The Morgan fingerprint density at radius 2 is 2.30 bits per heavy atom. The maximum Gasteiger partial charge on any atom is 1.00 e. The van der Waals surface area contributed by atoms with Gasteiger partial charge in [-0.15, -0.1) is 4.92 Å². The number of esters is 1. The first-order valence-corrected chi connectivity index (χ1v) is 2.32. The number of rotatable bonds is 3. The number of nitrogens with zero attached hydrogens (tertiary/aromatic N) is 1. The summed E-state index contributed by atoms with van der Waals surface area (Å²) in [6, 6.07) is 0. The fourth-order valence-electron chi connectivity index (χ4n) is 0.266. The molecule has 0 saturated heterocycles. The molecule has 6 heteroatoms. The molecule has 0 rings (SSSR count). The van der Waals surface area contributed by atoms with Crippen LogP contribution in [0.5, 0.6) is 0 Å². The van der Waals surface area contributed by atoms with Crippen molar-refractivity contribution < 1.29 is 44.0 Å². The van der Waals surface area contributed by atoms with Gasteiger partial charge in [-0.05, 0) is 6.92 Å². The van der Waals surface area contributed by atoms with Crippen molar-refractivity contribution in [1.29, 1.82) is 0 Å². The molecule has 0 bridgehead atoms. The normalized spacial score (nSPS) is 7.30. The van der Waals surface area contributed by atoms with Gasteiger partial charge in [-0.1, -0.05) is 0 Å². The predicted molar refractivity (Wildman–Crippen MR) is 27.9 cm³/mol. The largest absolute Gasteiger partial charge is 1.00 e. The van der Waals surface area contributed by atoms with Crippen LogP contribution in [0.15, 0.2) is 0 Å².